The number of carbonyl (C=O) groups excluding carboxylic acids is 2. The lowest BCUT2D eigenvalue weighted by atomic mass is 10.1. The molecule has 1 aliphatic rings. The number of nitrogens with one attached hydrogen (secondary N) is 1. The summed E-state index contributed by atoms with van der Waals surface area (Å²) in [7, 11) is 1.22. The van der Waals surface area contributed by atoms with E-state index in [4.69, 9.17) is 0 Å². The molecule has 0 saturated carbocycles. The van der Waals surface area contributed by atoms with E-state index in [0.29, 0.717) is 11.1 Å². The van der Waals surface area contributed by atoms with Crippen LogP contribution in [0.25, 0.3) is 0 Å². The average molecular weight is 321 g/mol. The number of hydrogen-bond donors (Lipinski definition) is 1. The van der Waals surface area contributed by atoms with Gasteiger partial charge in [0.2, 0.25) is 0 Å². The third-order valence-electron chi connectivity index (χ3n) is 2.76. The van der Waals surface area contributed by atoms with Crippen molar-refractivity contribution in [2.24, 2.45) is 10.2 Å². The van der Waals surface area contributed by atoms with Gasteiger partial charge in [0.1, 0.15) is 5.82 Å². The number of esters is 1. The molecule has 22 heavy (non-hydrogen) atoms. The fraction of sp³-hybridized carbons (Fsp3) is 0.143. The number of nitrogens with zero attached hydrogens (tertiary/aromatic N) is 2. The van der Waals surface area contributed by atoms with Gasteiger partial charge in [-0.3, -0.25) is 10.1 Å². The van der Waals surface area contributed by atoms with Crippen LogP contribution in [0.3, 0.4) is 0 Å². The molecule has 0 bridgehead atoms. The summed E-state index contributed by atoms with van der Waals surface area (Å²) in [6, 6.07) is 4.63. The predicted molar refractivity (Wildman–Crippen MR) is 82.0 cm³/mol. The average Bonchev–Trinajstić information content (AvgIpc) is 2.83. The summed E-state index contributed by atoms with van der Waals surface area (Å²) in [6.45, 7) is 1.63. The molecule has 1 N–H and O–H groups in total. The van der Waals surface area contributed by atoms with E-state index < -0.39 is 11.9 Å². The Bertz CT molecular complexity index is 713. The van der Waals surface area contributed by atoms with E-state index in [1.165, 1.54) is 19.4 Å². The Morgan fingerprint density at radius 1 is 1.45 bits per heavy atom. The Hall–Kier alpha value is -2.48. The lowest BCUT2D eigenvalue weighted by molar-refractivity contribution is -0.135. The van der Waals surface area contributed by atoms with Gasteiger partial charge >= 0.3 is 5.97 Å². The summed E-state index contributed by atoms with van der Waals surface area (Å²) < 4.78 is 17.8. The first-order chi connectivity index (χ1) is 10.5. The summed E-state index contributed by atoms with van der Waals surface area (Å²) in [6.07, 6.45) is 2.46. The van der Waals surface area contributed by atoms with Crippen LogP contribution in [-0.4, -0.2) is 30.4 Å². The van der Waals surface area contributed by atoms with Crippen LogP contribution in [0.5, 0.6) is 0 Å². The van der Waals surface area contributed by atoms with E-state index in [-0.39, 0.29) is 15.9 Å². The van der Waals surface area contributed by atoms with E-state index >= 15 is 0 Å². The quantitative estimate of drug-likeness (QED) is 0.398. The van der Waals surface area contributed by atoms with Gasteiger partial charge in [0, 0.05) is 11.6 Å². The summed E-state index contributed by atoms with van der Waals surface area (Å²) >= 11 is 0.967. The van der Waals surface area contributed by atoms with Crippen LogP contribution in [0, 0.1) is 12.7 Å². The molecule has 1 amide bonds. The molecule has 1 aliphatic heterocycles. The molecule has 6 nitrogen and oxygen atoms in total. The molecule has 8 heteroatoms. The molecular formula is C14H12FN3O3S. The first-order valence-corrected chi connectivity index (χ1v) is 6.98. The van der Waals surface area contributed by atoms with E-state index in [1.807, 2.05) is 0 Å². The maximum absolute atomic E-state index is 13.4. The summed E-state index contributed by atoms with van der Waals surface area (Å²) in [4.78, 5) is 22.8. The molecule has 0 aromatic heterocycles. The van der Waals surface area contributed by atoms with Gasteiger partial charge in [-0.15, -0.1) is 5.10 Å². The molecular weight excluding hydrogens is 309 g/mol. The number of amides is 1. The van der Waals surface area contributed by atoms with Crippen molar-refractivity contribution in [3.63, 3.8) is 0 Å². The number of carbonyl (C=O) groups is 2. The summed E-state index contributed by atoms with van der Waals surface area (Å²) in [5, 5.41) is 10.3. The van der Waals surface area contributed by atoms with Gasteiger partial charge in [-0.2, -0.15) is 5.10 Å². The molecule has 1 aromatic rings. The lowest BCUT2D eigenvalue weighted by Gasteiger charge is -1.99. The molecule has 2 rings (SSSR count). The Labute approximate surface area is 130 Å². The highest BCUT2D eigenvalue weighted by molar-refractivity contribution is 8.18. The third-order valence-corrected chi connectivity index (χ3v) is 3.66. The monoisotopic (exact) mass is 321 g/mol. The first kappa shape index (κ1) is 15.9. The smallest absolute Gasteiger partial charge is 0.331 e. The molecule has 1 fully saturated rings. The zero-order valence-electron chi connectivity index (χ0n) is 11.8. The maximum Gasteiger partial charge on any atom is 0.331 e. The highest BCUT2D eigenvalue weighted by Gasteiger charge is 2.24. The highest BCUT2D eigenvalue weighted by Crippen LogP contribution is 2.23. The Morgan fingerprint density at radius 3 is 2.95 bits per heavy atom. The second-order valence-electron chi connectivity index (χ2n) is 4.19. The lowest BCUT2D eigenvalue weighted by Crippen LogP contribution is -2.19. The van der Waals surface area contributed by atoms with Crippen molar-refractivity contribution in [2.45, 2.75) is 6.92 Å². The van der Waals surface area contributed by atoms with Crippen LogP contribution in [0.4, 0.5) is 4.39 Å². The number of halogens is 1. The van der Waals surface area contributed by atoms with Crippen molar-refractivity contribution in [1.82, 2.24) is 5.32 Å². The van der Waals surface area contributed by atoms with Gasteiger partial charge in [-0.05, 0) is 30.3 Å². The van der Waals surface area contributed by atoms with Gasteiger partial charge < -0.3 is 4.74 Å². The minimum Gasteiger partial charge on any atom is -0.466 e. The van der Waals surface area contributed by atoms with Gasteiger partial charge in [0.25, 0.3) is 5.91 Å². The van der Waals surface area contributed by atoms with Crippen molar-refractivity contribution in [2.75, 3.05) is 7.11 Å². The normalized spacial score (nSPS) is 18.2. The van der Waals surface area contributed by atoms with Crippen molar-refractivity contribution in [1.29, 1.82) is 0 Å². The molecule has 114 valence electrons. The molecule has 0 unspecified atom stereocenters. The van der Waals surface area contributed by atoms with Crippen LogP contribution in [-0.2, 0) is 14.3 Å². The first-order valence-electron chi connectivity index (χ1n) is 6.16. The molecule has 0 spiro atoms. The number of benzene rings is 1. The highest BCUT2D eigenvalue weighted by atomic mass is 32.2. The van der Waals surface area contributed by atoms with Crippen LogP contribution in [0.15, 0.2) is 39.4 Å². The molecule has 0 atom stereocenters. The zero-order valence-corrected chi connectivity index (χ0v) is 12.6. The molecule has 0 radical (unpaired) electrons. The summed E-state index contributed by atoms with van der Waals surface area (Å²) in [5.74, 6) is -1.41. The molecule has 1 aromatic carbocycles. The number of methoxy groups -OCH3 is 1. The van der Waals surface area contributed by atoms with E-state index in [1.54, 1.807) is 19.1 Å². The van der Waals surface area contributed by atoms with Crippen molar-refractivity contribution >= 4 is 35.0 Å². The maximum atomic E-state index is 13.4. The van der Waals surface area contributed by atoms with Gasteiger partial charge in [0.15, 0.2) is 5.17 Å². The topological polar surface area (TPSA) is 80.1 Å². The van der Waals surface area contributed by atoms with Crippen LogP contribution < -0.4 is 5.32 Å². The minimum absolute atomic E-state index is 0.169. The van der Waals surface area contributed by atoms with Gasteiger partial charge in [0.05, 0.1) is 18.2 Å². The van der Waals surface area contributed by atoms with Crippen molar-refractivity contribution in [3.8, 4) is 0 Å². The zero-order chi connectivity index (χ0) is 16.1. The van der Waals surface area contributed by atoms with Gasteiger partial charge in [-0.25, -0.2) is 9.18 Å². The standard InChI is InChI=1S/C14H12FN3O3S/c1-8-9(4-3-5-10(8)15)7-16-18-14-17-13(20)11(22-14)6-12(19)21-2/h3-7H,1-2H3,(H,17,18,20)/b11-6+,16-7?. The Morgan fingerprint density at radius 2 is 2.23 bits per heavy atom. The number of thioether (sulfide) groups is 1. The largest absolute Gasteiger partial charge is 0.466 e. The fourth-order valence-corrected chi connectivity index (χ4v) is 2.29. The Balaban J connectivity index is 2.10. The summed E-state index contributed by atoms with van der Waals surface area (Å²) in [5.41, 5.74) is 1.05. The second-order valence-corrected chi connectivity index (χ2v) is 5.22. The van der Waals surface area contributed by atoms with Crippen LogP contribution in [0.2, 0.25) is 0 Å². The second kappa shape index (κ2) is 6.99. The SMILES string of the molecule is COC(=O)/C=C1/S/C(=N\N=Cc2cccc(F)c2C)NC1=O. The van der Waals surface area contributed by atoms with E-state index in [9.17, 15) is 14.0 Å². The minimum atomic E-state index is -0.627. The Kier molecular flexibility index (Phi) is 5.05. The molecule has 1 saturated heterocycles. The number of hydrogen-bond acceptors (Lipinski definition) is 6. The third kappa shape index (κ3) is 3.79. The molecule has 0 aliphatic carbocycles. The number of rotatable bonds is 3. The van der Waals surface area contributed by atoms with E-state index in [2.05, 4.69) is 20.3 Å². The van der Waals surface area contributed by atoms with Crippen molar-refractivity contribution < 1.29 is 18.7 Å². The predicted octanol–water partition coefficient (Wildman–Crippen LogP) is 1.74. The fourth-order valence-electron chi connectivity index (χ4n) is 1.55. The van der Waals surface area contributed by atoms with Crippen molar-refractivity contribution in [3.05, 3.63) is 46.1 Å². The number of amidine groups is 1. The van der Waals surface area contributed by atoms with Gasteiger partial charge in [-0.1, -0.05) is 12.1 Å². The van der Waals surface area contributed by atoms with Crippen LogP contribution >= 0.6 is 11.8 Å². The van der Waals surface area contributed by atoms with Crippen LogP contribution in [0.1, 0.15) is 11.1 Å². The number of ether oxygens (including phenoxy) is 1. The molecule has 1 heterocycles. The van der Waals surface area contributed by atoms with E-state index in [0.717, 1.165) is 17.8 Å².